The van der Waals surface area contributed by atoms with E-state index in [9.17, 15) is 0 Å². The summed E-state index contributed by atoms with van der Waals surface area (Å²) in [4.78, 5) is 4.05. The third-order valence-electron chi connectivity index (χ3n) is 3.47. The van der Waals surface area contributed by atoms with Crippen LogP contribution in [0.25, 0.3) is 0 Å². The average molecular weight is 252 g/mol. The van der Waals surface area contributed by atoms with Gasteiger partial charge in [0.1, 0.15) is 0 Å². The van der Waals surface area contributed by atoms with Gasteiger partial charge < -0.3 is 5.73 Å². The third kappa shape index (κ3) is 3.30. The first-order valence-corrected chi connectivity index (χ1v) is 7.59. The molecule has 1 saturated heterocycles. The molecule has 0 bridgehead atoms. The molecule has 1 aromatic rings. The van der Waals surface area contributed by atoms with E-state index in [4.69, 9.17) is 5.73 Å². The smallest absolute Gasteiger partial charge is 0.0593 e. The van der Waals surface area contributed by atoms with Gasteiger partial charge in [0.2, 0.25) is 0 Å². The van der Waals surface area contributed by atoms with Crippen molar-refractivity contribution in [3.8, 4) is 0 Å². The number of hydrogen-bond acceptors (Lipinski definition) is 3. The fourth-order valence-electron chi connectivity index (χ4n) is 2.79. The Morgan fingerprint density at radius 3 is 2.94 bits per heavy atom. The molecule has 0 spiro atoms. The molecule has 0 aromatic carbocycles. The van der Waals surface area contributed by atoms with Crippen molar-refractivity contribution in [3.63, 3.8) is 0 Å². The summed E-state index contributed by atoms with van der Waals surface area (Å²) in [5.41, 5.74) is 6.40. The molecule has 0 radical (unpaired) electrons. The Morgan fingerprint density at radius 1 is 1.47 bits per heavy atom. The van der Waals surface area contributed by atoms with Crippen molar-refractivity contribution in [2.75, 3.05) is 13.1 Å². The first-order chi connectivity index (χ1) is 8.18. The van der Waals surface area contributed by atoms with Crippen molar-refractivity contribution >= 4 is 11.3 Å². The maximum Gasteiger partial charge on any atom is 0.0593 e. The molecule has 2 heterocycles. The van der Waals surface area contributed by atoms with E-state index in [0.717, 1.165) is 13.0 Å². The molecule has 1 fully saturated rings. The molecule has 2 atom stereocenters. The highest BCUT2D eigenvalue weighted by Gasteiger charge is 2.29. The molecule has 1 aliphatic rings. The van der Waals surface area contributed by atoms with E-state index in [0.29, 0.717) is 18.0 Å². The largest absolute Gasteiger partial charge is 0.326 e. The van der Waals surface area contributed by atoms with Gasteiger partial charge in [-0.3, -0.25) is 4.90 Å². The van der Waals surface area contributed by atoms with Gasteiger partial charge >= 0.3 is 0 Å². The van der Waals surface area contributed by atoms with Crippen LogP contribution in [0.4, 0.5) is 0 Å². The average Bonchev–Trinajstić information content (AvgIpc) is 2.71. The van der Waals surface area contributed by atoms with E-state index >= 15 is 0 Å². The zero-order valence-corrected chi connectivity index (χ0v) is 11.7. The zero-order chi connectivity index (χ0) is 12.3. The molecule has 0 aliphatic carbocycles. The third-order valence-corrected chi connectivity index (χ3v) is 4.41. The number of rotatable bonds is 3. The van der Waals surface area contributed by atoms with Crippen molar-refractivity contribution in [2.45, 2.75) is 45.2 Å². The molecule has 0 amide bonds. The second-order valence-electron chi connectivity index (χ2n) is 5.51. The molecule has 2 nitrogen and oxygen atoms in total. The van der Waals surface area contributed by atoms with Crippen LogP contribution in [0.1, 0.15) is 44.0 Å². The lowest BCUT2D eigenvalue weighted by atomic mass is 10.0. The van der Waals surface area contributed by atoms with Crippen LogP contribution in [-0.4, -0.2) is 24.0 Å². The summed E-state index contributed by atoms with van der Waals surface area (Å²) >= 11 is 1.85. The van der Waals surface area contributed by atoms with Crippen LogP contribution in [0.2, 0.25) is 0 Å². The highest BCUT2D eigenvalue weighted by atomic mass is 32.1. The lowest BCUT2D eigenvalue weighted by Crippen LogP contribution is -2.41. The number of thiophene rings is 1. The normalized spacial score (nSPS) is 27.3. The minimum absolute atomic E-state index is 0.301. The Bertz CT molecular complexity index is 321. The molecular weight excluding hydrogens is 228 g/mol. The highest BCUT2D eigenvalue weighted by molar-refractivity contribution is 7.10. The van der Waals surface area contributed by atoms with E-state index < -0.39 is 0 Å². The van der Waals surface area contributed by atoms with Gasteiger partial charge in [0, 0.05) is 17.5 Å². The van der Waals surface area contributed by atoms with Crippen LogP contribution in [0.3, 0.4) is 0 Å². The molecule has 96 valence electrons. The van der Waals surface area contributed by atoms with Gasteiger partial charge in [-0.05, 0) is 36.8 Å². The Hall–Kier alpha value is -0.380. The topological polar surface area (TPSA) is 29.3 Å². The number of likely N-dealkylation sites (tertiary alicyclic amines) is 1. The van der Waals surface area contributed by atoms with Crippen LogP contribution in [0.15, 0.2) is 17.5 Å². The summed E-state index contributed by atoms with van der Waals surface area (Å²) in [5, 5.41) is 2.17. The van der Waals surface area contributed by atoms with Crippen molar-refractivity contribution in [1.29, 1.82) is 0 Å². The van der Waals surface area contributed by atoms with Crippen LogP contribution < -0.4 is 5.73 Å². The molecule has 17 heavy (non-hydrogen) atoms. The fourth-order valence-corrected chi connectivity index (χ4v) is 3.72. The summed E-state index contributed by atoms with van der Waals surface area (Å²) < 4.78 is 0. The second kappa shape index (κ2) is 5.98. The summed E-state index contributed by atoms with van der Waals surface area (Å²) in [6, 6.07) is 5.13. The van der Waals surface area contributed by atoms with E-state index in [2.05, 4.69) is 36.3 Å². The SMILES string of the molecule is CC(C)CN1CCCCC(N)C1c1cccs1. The van der Waals surface area contributed by atoms with Crippen LogP contribution in [-0.2, 0) is 0 Å². The van der Waals surface area contributed by atoms with Crippen molar-refractivity contribution in [3.05, 3.63) is 22.4 Å². The minimum atomic E-state index is 0.301. The van der Waals surface area contributed by atoms with E-state index in [1.807, 2.05) is 11.3 Å². The quantitative estimate of drug-likeness (QED) is 0.894. The first-order valence-electron chi connectivity index (χ1n) is 6.71. The highest BCUT2D eigenvalue weighted by Crippen LogP contribution is 2.32. The van der Waals surface area contributed by atoms with Gasteiger partial charge in [0.25, 0.3) is 0 Å². The molecular formula is C14H24N2S. The van der Waals surface area contributed by atoms with Gasteiger partial charge in [-0.25, -0.2) is 0 Å². The minimum Gasteiger partial charge on any atom is -0.326 e. The number of hydrogen-bond donors (Lipinski definition) is 1. The predicted octanol–water partition coefficient (Wildman–Crippen LogP) is 3.26. The molecule has 0 saturated carbocycles. The Labute approximate surface area is 109 Å². The Kier molecular flexibility index (Phi) is 4.60. The zero-order valence-electron chi connectivity index (χ0n) is 10.9. The van der Waals surface area contributed by atoms with Crippen molar-refractivity contribution in [1.82, 2.24) is 4.90 Å². The van der Waals surface area contributed by atoms with Gasteiger partial charge in [-0.2, -0.15) is 0 Å². The summed E-state index contributed by atoms with van der Waals surface area (Å²) in [6.07, 6.45) is 3.73. The monoisotopic (exact) mass is 252 g/mol. The molecule has 2 rings (SSSR count). The summed E-state index contributed by atoms with van der Waals surface area (Å²) in [7, 11) is 0. The van der Waals surface area contributed by atoms with Crippen molar-refractivity contribution in [2.24, 2.45) is 11.7 Å². The Balaban J connectivity index is 2.19. The lowest BCUT2D eigenvalue weighted by molar-refractivity contribution is 0.168. The van der Waals surface area contributed by atoms with Gasteiger partial charge in [-0.15, -0.1) is 11.3 Å². The summed E-state index contributed by atoms with van der Waals surface area (Å²) in [5.74, 6) is 0.711. The first kappa shape index (κ1) is 13.1. The second-order valence-corrected chi connectivity index (χ2v) is 6.49. The van der Waals surface area contributed by atoms with E-state index in [1.165, 1.54) is 24.3 Å². The molecule has 1 aromatic heterocycles. The molecule has 2 unspecified atom stereocenters. The maximum absolute atomic E-state index is 6.40. The predicted molar refractivity (Wildman–Crippen MR) is 75.3 cm³/mol. The number of nitrogens with two attached hydrogens (primary N) is 1. The molecule has 1 aliphatic heterocycles. The van der Waals surface area contributed by atoms with Crippen LogP contribution in [0, 0.1) is 5.92 Å². The van der Waals surface area contributed by atoms with Gasteiger partial charge in [0.15, 0.2) is 0 Å². The fraction of sp³-hybridized carbons (Fsp3) is 0.714. The van der Waals surface area contributed by atoms with Crippen molar-refractivity contribution < 1.29 is 0 Å². The standard InChI is InChI=1S/C14H24N2S/c1-11(2)10-16-8-4-3-6-12(15)14(16)13-7-5-9-17-13/h5,7,9,11-12,14H,3-4,6,8,10,15H2,1-2H3. The Morgan fingerprint density at radius 2 is 2.29 bits per heavy atom. The van der Waals surface area contributed by atoms with E-state index in [-0.39, 0.29) is 0 Å². The van der Waals surface area contributed by atoms with E-state index in [1.54, 1.807) is 0 Å². The van der Waals surface area contributed by atoms with Crippen LogP contribution in [0.5, 0.6) is 0 Å². The maximum atomic E-state index is 6.40. The molecule has 2 N–H and O–H groups in total. The van der Waals surface area contributed by atoms with Crippen LogP contribution >= 0.6 is 11.3 Å². The lowest BCUT2D eigenvalue weighted by Gasteiger charge is -2.34. The van der Waals surface area contributed by atoms with Gasteiger partial charge in [0.05, 0.1) is 6.04 Å². The van der Waals surface area contributed by atoms with Gasteiger partial charge in [-0.1, -0.05) is 26.3 Å². The summed E-state index contributed by atoms with van der Waals surface area (Å²) in [6.45, 7) is 6.95. The molecule has 3 heteroatoms. The number of nitrogens with zero attached hydrogens (tertiary/aromatic N) is 1.